The van der Waals surface area contributed by atoms with E-state index in [4.69, 9.17) is 14.2 Å². The Balaban J connectivity index is 1.79. The molecule has 9 heteroatoms. The van der Waals surface area contributed by atoms with E-state index in [0.29, 0.717) is 24.7 Å². The van der Waals surface area contributed by atoms with Crippen LogP contribution in [0.15, 0.2) is 34.8 Å². The van der Waals surface area contributed by atoms with Gasteiger partial charge in [-0.15, -0.1) is 0 Å². The van der Waals surface area contributed by atoms with Gasteiger partial charge in [0.2, 0.25) is 0 Å². The van der Waals surface area contributed by atoms with Crippen LogP contribution in [0.5, 0.6) is 23.0 Å². The van der Waals surface area contributed by atoms with Crippen molar-refractivity contribution < 1.29 is 32.5 Å². The molecule has 3 rings (SSSR count). The lowest BCUT2D eigenvalue weighted by atomic mass is 10.1. The van der Waals surface area contributed by atoms with Gasteiger partial charge in [-0.05, 0) is 42.8 Å². The summed E-state index contributed by atoms with van der Waals surface area (Å²) >= 11 is 3.47. The smallest absolute Gasteiger partial charge is 0.387 e. The molecule has 0 aliphatic carbocycles. The molecule has 1 heterocycles. The van der Waals surface area contributed by atoms with Crippen LogP contribution in [0.4, 0.5) is 8.78 Å². The minimum absolute atomic E-state index is 0.111. The average Bonchev–Trinajstić information content (AvgIpc) is 2.66. The number of halogens is 3. The van der Waals surface area contributed by atoms with Gasteiger partial charge < -0.3 is 24.3 Å². The highest BCUT2D eigenvalue weighted by atomic mass is 79.9. The van der Waals surface area contributed by atoms with Gasteiger partial charge in [-0.25, -0.2) is 0 Å². The second-order valence-electron chi connectivity index (χ2n) is 5.96. The highest BCUT2D eigenvalue weighted by Crippen LogP contribution is 2.38. The number of amides is 1. The fourth-order valence-corrected chi connectivity index (χ4v) is 3.44. The molecule has 28 heavy (non-hydrogen) atoms. The monoisotopic (exact) mass is 457 g/mol. The van der Waals surface area contributed by atoms with Crippen LogP contribution in [0.3, 0.4) is 0 Å². The van der Waals surface area contributed by atoms with Gasteiger partial charge in [-0.2, -0.15) is 8.78 Å². The number of carbonyl (C=O) groups excluding carboxylic acids is 1. The van der Waals surface area contributed by atoms with E-state index in [-0.39, 0.29) is 23.1 Å². The van der Waals surface area contributed by atoms with Crippen molar-refractivity contribution in [3.8, 4) is 23.0 Å². The van der Waals surface area contributed by atoms with E-state index in [1.54, 1.807) is 19.1 Å². The second kappa shape index (κ2) is 8.64. The molecule has 1 amide bonds. The first-order valence-corrected chi connectivity index (χ1v) is 9.21. The Bertz CT molecular complexity index is 878. The van der Waals surface area contributed by atoms with Gasteiger partial charge in [0.15, 0.2) is 23.0 Å². The maximum absolute atomic E-state index is 12.6. The summed E-state index contributed by atoms with van der Waals surface area (Å²) in [6.07, 6.45) is 0. The molecule has 1 aliphatic rings. The molecule has 0 aromatic heterocycles. The summed E-state index contributed by atoms with van der Waals surface area (Å²) in [6.45, 7) is -0.298. The van der Waals surface area contributed by atoms with Crippen LogP contribution in [0.1, 0.15) is 28.9 Å². The van der Waals surface area contributed by atoms with Gasteiger partial charge in [0.05, 0.1) is 13.2 Å². The summed E-state index contributed by atoms with van der Waals surface area (Å²) in [5, 5.41) is 2.83. The molecular weight excluding hydrogens is 440 g/mol. The molecule has 1 N–H and O–H groups in total. The minimum atomic E-state index is -3.03. The Labute approximate surface area is 168 Å². The van der Waals surface area contributed by atoms with Crippen molar-refractivity contribution >= 4 is 21.8 Å². The van der Waals surface area contributed by atoms with Crippen molar-refractivity contribution in [3.05, 3.63) is 45.9 Å². The molecule has 0 radical (unpaired) electrons. The number of alkyl halides is 2. The van der Waals surface area contributed by atoms with E-state index in [9.17, 15) is 13.6 Å². The van der Waals surface area contributed by atoms with Crippen LogP contribution in [0.25, 0.3) is 0 Å². The maximum Gasteiger partial charge on any atom is 0.387 e. The van der Waals surface area contributed by atoms with Gasteiger partial charge in [-0.3, -0.25) is 4.79 Å². The molecule has 1 atom stereocenters. The minimum Gasteiger partial charge on any atom is -0.493 e. The Morgan fingerprint density at radius 1 is 1.14 bits per heavy atom. The number of hydrogen-bond donors (Lipinski definition) is 1. The summed E-state index contributed by atoms with van der Waals surface area (Å²) in [4.78, 5) is 12.6. The first-order chi connectivity index (χ1) is 13.4. The third kappa shape index (κ3) is 4.46. The van der Waals surface area contributed by atoms with E-state index in [1.807, 2.05) is 0 Å². The van der Waals surface area contributed by atoms with Crippen molar-refractivity contribution in [1.82, 2.24) is 5.32 Å². The standard InChI is InChI=1S/C19H18BrF2NO5/c1-10(12-8-15-16(9-13(12)20)27-6-5-26-15)23-18(24)11-3-4-14(25-2)17(7-11)28-19(21)22/h3-4,7-10,19H,5-6H2,1-2H3,(H,23,24). The molecule has 150 valence electrons. The fourth-order valence-electron chi connectivity index (χ4n) is 2.78. The van der Waals surface area contributed by atoms with Crippen LogP contribution in [0, 0.1) is 0 Å². The van der Waals surface area contributed by atoms with Crippen LogP contribution in [-0.4, -0.2) is 32.8 Å². The van der Waals surface area contributed by atoms with E-state index < -0.39 is 12.5 Å². The first kappa shape index (κ1) is 20.2. The normalized spacial score (nSPS) is 13.8. The Hall–Kier alpha value is -2.55. The van der Waals surface area contributed by atoms with Gasteiger partial charge in [0.25, 0.3) is 5.91 Å². The first-order valence-electron chi connectivity index (χ1n) is 8.41. The number of methoxy groups -OCH3 is 1. The van der Waals surface area contributed by atoms with E-state index >= 15 is 0 Å². The number of nitrogens with one attached hydrogen (secondary N) is 1. The van der Waals surface area contributed by atoms with Gasteiger partial charge in [0.1, 0.15) is 13.2 Å². The summed E-state index contributed by atoms with van der Waals surface area (Å²) in [6, 6.07) is 7.28. The van der Waals surface area contributed by atoms with Gasteiger partial charge in [-0.1, -0.05) is 15.9 Å². The Kier molecular flexibility index (Phi) is 6.23. The van der Waals surface area contributed by atoms with E-state index in [0.717, 1.165) is 10.0 Å². The largest absolute Gasteiger partial charge is 0.493 e. The molecule has 0 fully saturated rings. The lowest BCUT2D eigenvalue weighted by Gasteiger charge is -2.22. The number of rotatable bonds is 6. The van der Waals surface area contributed by atoms with Crippen molar-refractivity contribution in [1.29, 1.82) is 0 Å². The van der Waals surface area contributed by atoms with Crippen molar-refractivity contribution in [2.75, 3.05) is 20.3 Å². The average molecular weight is 458 g/mol. The molecule has 0 bridgehead atoms. The third-order valence-electron chi connectivity index (χ3n) is 4.12. The molecule has 1 unspecified atom stereocenters. The zero-order chi connectivity index (χ0) is 20.3. The summed E-state index contributed by atoms with van der Waals surface area (Å²) in [7, 11) is 1.33. The maximum atomic E-state index is 12.6. The number of ether oxygens (including phenoxy) is 4. The summed E-state index contributed by atoms with van der Waals surface area (Å²) in [5.74, 6) is 0.681. The van der Waals surface area contributed by atoms with Crippen LogP contribution >= 0.6 is 15.9 Å². The zero-order valence-corrected chi connectivity index (χ0v) is 16.7. The second-order valence-corrected chi connectivity index (χ2v) is 6.81. The molecule has 0 spiro atoms. The predicted octanol–water partition coefficient (Wildman–Crippen LogP) is 4.32. The zero-order valence-electron chi connectivity index (χ0n) is 15.1. The van der Waals surface area contributed by atoms with Crippen molar-refractivity contribution in [3.63, 3.8) is 0 Å². The quantitative estimate of drug-likeness (QED) is 0.699. The highest BCUT2D eigenvalue weighted by molar-refractivity contribution is 9.10. The number of hydrogen-bond acceptors (Lipinski definition) is 5. The molecule has 2 aromatic carbocycles. The Morgan fingerprint density at radius 2 is 1.82 bits per heavy atom. The lowest BCUT2D eigenvalue weighted by molar-refractivity contribution is -0.0512. The Morgan fingerprint density at radius 3 is 2.46 bits per heavy atom. The predicted molar refractivity (Wildman–Crippen MR) is 101 cm³/mol. The topological polar surface area (TPSA) is 66.0 Å². The summed E-state index contributed by atoms with van der Waals surface area (Å²) < 4.78 is 46.4. The van der Waals surface area contributed by atoms with Crippen LogP contribution in [-0.2, 0) is 0 Å². The van der Waals surface area contributed by atoms with E-state index in [2.05, 4.69) is 26.0 Å². The molecular formula is C19H18BrF2NO5. The van der Waals surface area contributed by atoms with Gasteiger partial charge >= 0.3 is 6.61 Å². The lowest BCUT2D eigenvalue weighted by Crippen LogP contribution is -2.27. The number of benzene rings is 2. The van der Waals surface area contributed by atoms with E-state index in [1.165, 1.54) is 25.3 Å². The highest BCUT2D eigenvalue weighted by Gasteiger charge is 2.21. The molecule has 0 saturated heterocycles. The molecule has 1 aliphatic heterocycles. The van der Waals surface area contributed by atoms with Crippen molar-refractivity contribution in [2.45, 2.75) is 19.6 Å². The molecule has 2 aromatic rings. The van der Waals surface area contributed by atoms with Crippen LogP contribution < -0.4 is 24.3 Å². The summed E-state index contributed by atoms with van der Waals surface area (Å²) in [5.41, 5.74) is 0.951. The number of carbonyl (C=O) groups is 1. The molecule has 6 nitrogen and oxygen atoms in total. The third-order valence-corrected chi connectivity index (χ3v) is 4.80. The number of fused-ring (bicyclic) bond motifs is 1. The van der Waals surface area contributed by atoms with Gasteiger partial charge in [0, 0.05) is 10.0 Å². The molecule has 0 saturated carbocycles. The fraction of sp³-hybridized carbons (Fsp3) is 0.316. The van der Waals surface area contributed by atoms with Crippen molar-refractivity contribution in [2.24, 2.45) is 0 Å². The van der Waals surface area contributed by atoms with Crippen LogP contribution in [0.2, 0.25) is 0 Å². The SMILES string of the molecule is COc1ccc(C(=O)NC(C)c2cc3c(cc2Br)OCCO3)cc1OC(F)F.